The van der Waals surface area contributed by atoms with Gasteiger partial charge in [-0.25, -0.2) is 4.39 Å². The highest BCUT2D eigenvalue weighted by Gasteiger charge is 2.46. The number of amides is 11. The predicted octanol–water partition coefficient (Wildman–Crippen LogP) is 0.245. The van der Waals surface area contributed by atoms with Crippen LogP contribution in [0.2, 0.25) is 0 Å². The molecule has 3 aromatic carbocycles. The van der Waals surface area contributed by atoms with Crippen LogP contribution in [0.5, 0.6) is 0 Å². The molecule has 85 heavy (non-hydrogen) atoms. The maximum Gasteiger partial charge on any atom is 0.245 e. The summed E-state index contributed by atoms with van der Waals surface area (Å²) in [7, 11) is 1.25. The Kier molecular flexibility index (Phi) is 22.5. The zero-order chi connectivity index (χ0) is 61.5. The van der Waals surface area contributed by atoms with E-state index >= 15 is 4.79 Å². The molecule has 26 heteroatoms. The molecule has 1 saturated heterocycles. The van der Waals surface area contributed by atoms with Crippen molar-refractivity contribution in [3.8, 4) is 0 Å². The van der Waals surface area contributed by atoms with E-state index in [1.165, 1.54) is 50.2 Å². The van der Waals surface area contributed by atoms with Crippen LogP contribution in [0.4, 0.5) is 4.39 Å². The number of aromatic nitrogens is 1. The Morgan fingerprint density at radius 2 is 1.35 bits per heavy atom. The van der Waals surface area contributed by atoms with Crippen molar-refractivity contribution in [1.29, 1.82) is 0 Å². The van der Waals surface area contributed by atoms with Crippen molar-refractivity contribution in [2.45, 2.75) is 146 Å². The SMILES string of the molecule is C[C@@H]1NC(=O)CCC(=O)NCc2ccc(cc2)CCNC(=O)[C@]2(C)CCCN2C(=O)CNC(=O)[C@H]([C@@H](C)O)NC(=O)[C@@H]2CCC(=O)NCc3cccc(c3)CC[C@H](NC(=O)[C@@H](CI)NC1=O)C(=O)N[C@@H](Cc1c[nH]c3ccc(F)cc13)C(=O)N2C. The van der Waals surface area contributed by atoms with Gasteiger partial charge in [0.05, 0.1) is 12.6 Å². The number of H-pyrrole nitrogens is 1. The van der Waals surface area contributed by atoms with Gasteiger partial charge in [0, 0.05) is 80.4 Å². The molecule has 0 aliphatic carbocycles. The van der Waals surface area contributed by atoms with Crippen LogP contribution in [0.1, 0.15) is 93.5 Å². The van der Waals surface area contributed by atoms with Gasteiger partial charge in [0.1, 0.15) is 47.6 Å². The van der Waals surface area contributed by atoms with Crippen molar-refractivity contribution in [3.05, 3.63) is 107 Å². The quantitative estimate of drug-likeness (QED) is 0.0745. The van der Waals surface area contributed by atoms with Crippen molar-refractivity contribution in [1.82, 2.24) is 62.6 Å². The summed E-state index contributed by atoms with van der Waals surface area (Å²) in [4.78, 5) is 159. The number of aromatic amines is 1. The number of likely N-dealkylation sites (N-methyl/N-ethyl adjacent to an activating group) is 1. The number of hydrogen-bond donors (Lipinski definition) is 11. The number of benzene rings is 3. The van der Waals surface area contributed by atoms with Crippen molar-refractivity contribution in [3.63, 3.8) is 0 Å². The van der Waals surface area contributed by atoms with Gasteiger partial charge >= 0.3 is 0 Å². The fourth-order valence-electron chi connectivity index (χ4n) is 10.5. The van der Waals surface area contributed by atoms with E-state index in [9.17, 15) is 57.4 Å². The number of rotatable bonds is 4. The molecule has 456 valence electrons. The standard InChI is InChI=1S/C59H74FIN12O12/c1-33-52(79)70-45(28-61)54(81)68-43-15-13-36-7-5-8-38(25-36)30-65-47(75)18-17-46(72(4)57(84)44(69-53(43)80)26-39-31-63-42-16-14-40(60)27-41(39)42)55(82)71-51(34(2)74)56(83)66-32-50(78)73-24-6-22-59(73,3)58(85)62-23-21-35-9-11-37(12-10-35)29-64-48(76)19-20-49(77)67-33/h5,7-12,14,16,25,27,31,33-34,43-46,51,63,74H,6,13,15,17-24,26,28-30,32H2,1-4H3,(H,62,85)(H,64,76)(H,65,75)(H,66,83)(H,67,77)(H,68,81)(H,69,80)(H,70,79)(H,71,82)/t33-,34+,43-,44-,45+,46-,51-,59-/m0/s1. The molecule has 0 saturated carbocycles. The minimum Gasteiger partial charge on any atom is -0.391 e. The van der Waals surface area contributed by atoms with Crippen molar-refractivity contribution in [2.24, 2.45) is 0 Å². The number of nitrogens with one attached hydrogen (secondary N) is 10. The van der Waals surface area contributed by atoms with Gasteiger partial charge in [0.15, 0.2) is 0 Å². The first-order valence-electron chi connectivity index (χ1n) is 28.4. The van der Waals surface area contributed by atoms with E-state index in [1.807, 2.05) is 46.9 Å². The molecule has 5 heterocycles. The summed E-state index contributed by atoms with van der Waals surface area (Å²) in [6.45, 7) is 4.25. The Morgan fingerprint density at radius 3 is 2.08 bits per heavy atom. The second-order valence-electron chi connectivity index (χ2n) is 21.9. The lowest BCUT2D eigenvalue weighted by Gasteiger charge is -2.34. The summed E-state index contributed by atoms with van der Waals surface area (Å²) in [6.07, 6.45) is -0.159. The van der Waals surface area contributed by atoms with Gasteiger partial charge in [-0.05, 0) is 105 Å². The second kappa shape index (κ2) is 29.7. The number of alkyl halides is 1. The number of nitrogens with zero attached hydrogens (tertiary/aromatic N) is 2. The monoisotopic (exact) mass is 1290 g/mol. The number of hydrogen-bond acceptors (Lipinski definition) is 12. The summed E-state index contributed by atoms with van der Waals surface area (Å²) in [6, 6.07) is 9.67. The van der Waals surface area contributed by atoms with Crippen LogP contribution in [0.3, 0.4) is 0 Å². The molecule has 6 bridgehead atoms. The second-order valence-corrected chi connectivity index (χ2v) is 22.8. The number of aliphatic hydroxyl groups excluding tert-OH is 1. The van der Waals surface area contributed by atoms with Crippen molar-refractivity contribution < 1.29 is 62.2 Å². The van der Waals surface area contributed by atoms with E-state index in [2.05, 4.69) is 52.8 Å². The van der Waals surface area contributed by atoms with Crippen LogP contribution in [0, 0.1) is 5.82 Å². The zero-order valence-electron chi connectivity index (χ0n) is 47.9. The van der Waals surface area contributed by atoms with Crippen LogP contribution in [0.25, 0.3) is 10.9 Å². The Balaban J connectivity index is 1.21. The number of aliphatic hydroxyl groups is 1. The highest BCUT2D eigenvalue weighted by atomic mass is 127. The fraction of sp³-hybridized carbons (Fsp3) is 0.475. The summed E-state index contributed by atoms with van der Waals surface area (Å²) in [5, 5.41) is 35.6. The third-order valence-electron chi connectivity index (χ3n) is 15.6. The first kappa shape index (κ1) is 64.5. The van der Waals surface area contributed by atoms with Crippen molar-refractivity contribution in [2.75, 3.05) is 31.1 Å². The summed E-state index contributed by atoms with van der Waals surface area (Å²) in [5.74, 6) is -8.44. The van der Waals surface area contributed by atoms with E-state index in [-0.39, 0.29) is 75.6 Å². The van der Waals surface area contributed by atoms with Gasteiger partial charge in [-0.15, -0.1) is 0 Å². The van der Waals surface area contributed by atoms with Gasteiger partial charge < -0.3 is 67.7 Å². The average Bonchev–Trinajstić information content (AvgIpc) is 2.50. The Labute approximate surface area is 504 Å². The minimum atomic E-state index is -1.73. The molecule has 11 N–H and O–H groups in total. The lowest BCUT2D eigenvalue weighted by atomic mass is 9.97. The van der Waals surface area contributed by atoms with Gasteiger partial charge in [-0.2, -0.15) is 0 Å². The summed E-state index contributed by atoms with van der Waals surface area (Å²) < 4.78 is 14.8. The zero-order valence-corrected chi connectivity index (χ0v) is 50.0. The molecule has 8 rings (SSSR count). The number of carbonyl (C=O) groups excluding carboxylic acids is 11. The van der Waals surface area contributed by atoms with Crippen molar-refractivity contribution >= 4 is 98.5 Å². The minimum absolute atomic E-state index is 0.000505. The van der Waals surface area contributed by atoms with Gasteiger partial charge in [0.25, 0.3) is 0 Å². The van der Waals surface area contributed by atoms with E-state index in [1.54, 1.807) is 31.2 Å². The largest absolute Gasteiger partial charge is 0.391 e. The van der Waals surface area contributed by atoms with E-state index < -0.39 is 125 Å². The van der Waals surface area contributed by atoms with E-state index in [4.69, 9.17) is 0 Å². The van der Waals surface area contributed by atoms with Crippen LogP contribution < -0.4 is 47.9 Å². The average molecular weight is 1290 g/mol. The van der Waals surface area contributed by atoms with E-state index in [0.29, 0.717) is 46.9 Å². The maximum absolute atomic E-state index is 15.2. The van der Waals surface area contributed by atoms with Gasteiger partial charge in [-0.3, -0.25) is 52.7 Å². The third-order valence-corrected chi connectivity index (χ3v) is 16.5. The van der Waals surface area contributed by atoms with E-state index in [0.717, 1.165) is 16.0 Å². The van der Waals surface area contributed by atoms with Gasteiger partial charge in [-0.1, -0.05) is 71.1 Å². The molecule has 4 aliphatic rings. The molecule has 0 unspecified atom stereocenters. The molecule has 0 radical (unpaired) electrons. The van der Waals surface area contributed by atoms with Crippen LogP contribution in [0.15, 0.2) is 72.9 Å². The van der Waals surface area contributed by atoms with Crippen LogP contribution in [-0.2, 0) is 85.1 Å². The number of aryl methyl sites for hydroxylation is 1. The lowest BCUT2D eigenvalue weighted by Crippen LogP contribution is -2.61. The summed E-state index contributed by atoms with van der Waals surface area (Å²) in [5.41, 5.74) is 2.60. The fourth-order valence-corrected chi connectivity index (χ4v) is 11.2. The third kappa shape index (κ3) is 17.3. The first-order valence-corrected chi connectivity index (χ1v) is 29.9. The Hall–Kier alpha value is -8.01. The van der Waals surface area contributed by atoms with Gasteiger partial charge in [0.2, 0.25) is 65.0 Å². The molecule has 4 aromatic rings. The summed E-state index contributed by atoms with van der Waals surface area (Å²) >= 11 is 1.89. The topological polar surface area (TPSA) is 339 Å². The smallest absolute Gasteiger partial charge is 0.245 e. The first-order chi connectivity index (χ1) is 40.5. The number of fused-ring (bicyclic) bond motifs is 26. The van der Waals surface area contributed by atoms with Crippen LogP contribution in [-0.4, -0.2) is 164 Å². The molecule has 0 spiro atoms. The molecular weight excluding hydrogens is 1210 g/mol. The predicted molar refractivity (Wildman–Crippen MR) is 317 cm³/mol. The molecule has 1 fully saturated rings. The normalized spacial score (nSPS) is 25.4. The highest BCUT2D eigenvalue weighted by Crippen LogP contribution is 2.30. The molecule has 1 aromatic heterocycles. The number of carbonyl (C=O) groups is 11. The molecule has 11 amide bonds. The number of halogens is 2. The Bertz CT molecular complexity index is 3160. The molecule has 8 atom stereocenters. The lowest BCUT2D eigenvalue weighted by molar-refractivity contribution is -0.145. The maximum atomic E-state index is 15.2. The molecule has 24 nitrogen and oxygen atoms in total. The molecular formula is C59H74FIN12O12. The van der Waals surface area contributed by atoms with Crippen LogP contribution >= 0.6 is 22.6 Å². The Morgan fingerprint density at radius 1 is 0.671 bits per heavy atom. The highest BCUT2D eigenvalue weighted by molar-refractivity contribution is 14.1. The molecule has 4 aliphatic heterocycles.